The van der Waals surface area contributed by atoms with E-state index in [1.54, 1.807) is 0 Å². The highest BCUT2D eigenvalue weighted by Crippen LogP contribution is 2.28. The predicted octanol–water partition coefficient (Wildman–Crippen LogP) is 1.49. The molecule has 2 atom stereocenters. The first-order chi connectivity index (χ1) is 12.1. The molecule has 0 aromatic heterocycles. The van der Waals surface area contributed by atoms with Gasteiger partial charge in [0.05, 0.1) is 0 Å². The van der Waals surface area contributed by atoms with Crippen molar-refractivity contribution in [1.82, 2.24) is 20.0 Å². The normalized spacial score (nSPS) is 24.3. The van der Waals surface area contributed by atoms with Crippen molar-refractivity contribution in [2.45, 2.75) is 32.4 Å². The summed E-state index contributed by atoms with van der Waals surface area (Å²) < 4.78 is 0. The second-order valence-corrected chi connectivity index (χ2v) is 7.45. The number of likely N-dealkylation sites (N-methyl/N-ethyl adjacent to an activating group) is 1. The number of aryl methyl sites for hydroxylation is 1. The van der Waals surface area contributed by atoms with Crippen LogP contribution < -0.4 is 5.32 Å². The lowest BCUT2D eigenvalue weighted by Gasteiger charge is -2.43. The van der Waals surface area contributed by atoms with E-state index < -0.39 is 0 Å². The van der Waals surface area contributed by atoms with Crippen molar-refractivity contribution >= 4 is 5.91 Å². The van der Waals surface area contributed by atoms with Gasteiger partial charge in [-0.2, -0.15) is 0 Å². The standard InChI is InChI=1S/C20H32N4O/c1-4-18-15-21-9-10-24(18)19(17-7-5-16(2)6-8-17)20(25)23-13-11-22(3)12-14-23/h5-8,18-19,21H,4,9-15H2,1-3H3. The predicted molar refractivity (Wildman–Crippen MR) is 102 cm³/mol. The van der Waals surface area contributed by atoms with Crippen LogP contribution in [0.2, 0.25) is 0 Å². The number of amides is 1. The van der Waals surface area contributed by atoms with Crippen LogP contribution in [0.3, 0.4) is 0 Å². The summed E-state index contributed by atoms with van der Waals surface area (Å²) in [5.41, 5.74) is 2.37. The SMILES string of the molecule is CCC1CNCCN1C(C(=O)N1CCN(C)CC1)c1ccc(C)cc1. The first-order valence-corrected chi connectivity index (χ1v) is 9.60. The zero-order valence-corrected chi connectivity index (χ0v) is 15.9. The van der Waals surface area contributed by atoms with E-state index in [2.05, 4.69) is 65.2 Å². The Kier molecular flexibility index (Phi) is 6.10. The maximum Gasteiger partial charge on any atom is 0.244 e. The molecule has 2 unspecified atom stereocenters. The monoisotopic (exact) mass is 344 g/mol. The molecular formula is C20H32N4O. The number of carbonyl (C=O) groups is 1. The van der Waals surface area contributed by atoms with Crippen LogP contribution in [0.15, 0.2) is 24.3 Å². The smallest absolute Gasteiger partial charge is 0.244 e. The average Bonchev–Trinajstić information content (AvgIpc) is 2.64. The van der Waals surface area contributed by atoms with Gasteiger partial charge in [0.1, 0.15) is 6.04 Å². The van der Waals surface area contributed by atoms with Gasteiger partial charge in [0.15, 0.2) is 0 Å². The Balaban J connectivity index is 1.88. The van der Waals surface area contributed by atoms with Gasteiger partial charge < -0.3 is 15.1 Å². The highest BCUT2D eigenvalue weighted by atomic mass is 16.2. The quantitative estimate of drug-likeness (QED) is 0.898. The van der Waals surface area contributed by atoms with Crippen LogP contribution >= 0.6 is 0 Å². The third kappa shape index (κ3) is 4.22. The van der Waals surface area contributed by atoms with Crippen LogP contribution in [0.4, 0.5) is 0 Å². The van der Waals surface area contributed by atoms with Gasteiger partial charge in [0, 0.05) is 51.9 Å². The van der Waals surface area contributed by atoms with E-state index in [1.807, 2.05) is 0 Å². The van der Waals surface area contributed by atoms with Gasteiger partial charge in [0.2, 0.25) is 5.91 Å². The number of hydrogen-bond donors (Lipinski definition) is 1. The molecule has 25 heavy (non-hydrogen) atoms. The topological polar surface area (TPSA) is 38.8 Å². The molecular weight excluding hydrogens is 312 g/mol. The Morgan fingerprint density at radius 2 is 1.84 bits per heavy atom. The van der Waals surface area contributed by atoms with Crippen LogP contribution in [0.25, 0.3) is 0 Å². The molecule has 5 heteroatoms. The minimum atomic E-state index is -0.156. The van der Waals surface area contributed by atoms with Crippen molar-refractivity contribution in [1.29, 1.82) is 0 Å². The maximum atomic E-state index is 13.5. The highest BCUT2D eigenvalue weighted by molar-refractivity contribution is 5.83. The number of benzene rings is 1. The van der Waals surface area contributed by atoms with Gasteiger partial charge in [-0.05, 0) is 26.0 Å². The van der Waals surface area contributed by atoms with E-state index in [1.165, 1.54) is 5.56 Å². The van der Waals surface area contributed by atoms with Gasteiger partial charge in [-0.3, -0.25) is 9.69 Å². The summed E-state index contributed by atoms with van der Waals surface area (Å²) in [7, 11) is 2.13. The van der Waals surface area contributed by atoms with Gasteiger partial charge in [0.25, 0.3) is 0 Å². The summed E-state index contributed by atoms with van der Waals surface area (Å²) in [6.45, 7) is 10.8. The van der Waals surface area contributed by atoms with E-state index in [4.69, 9.17) is 0 Å². The van der Waals surface area contributed by atoms with E-state index in [0.29, 0.717) is 6.04 Å². The van der Waals surface area contributed by atoms with Crippen molar-refractivity contribution in [3.8, 4) is 0 Å². The Labute approximate surface area is 152 Å². The fourth-order valence-electron chi connectivity index (χ4n) is 3.92. The van der Waals surface area contributed by atoms with Gasteiger partial charge in [-0.15, -0.1) is 0 Å². The molecule has 0 saturated carbocycles. The maximum absolute atomic E-state index is 13.5. The van der Waals surface area contributed by atoms with E-state index in [0.717, 1.165) is 57.8 Å². The second kappa shape index (κ2) is 8.30. The van der Waals surface area contributed by atoms with Crippen LogP contribution in [-0.2, 0) is 4.79 Å². The van der Waals surface area contributed by atoms with Crippen molar-refractivity contribution in [2.24, 2.45) is 0 Å². The van der Waals surface area contributed by atoms with Gasteiger partial charge in [-0.1, -0.05) is 36.8 Å². The molecule has 1 aromatic carbocycles. The summed E-state index contributed by atoms with van der Waals surface area (Å²) in [5.74, 6) is 0.275. The number of rotatable bonds is 4. The summed E-state index contributed by atoms with van der Waals surface area (Å²) >= 11 is 0. The Hall–Kier alpha value is -1.43. The molecule has 0 bridgehead atoms. The van der Waals surface area contributed by atoms with Crippen LogP contribution in [-0.4, -0.2) is 79.5 Å². The lowest BCUT2D eigenvalue weighted by atomic mass is 9.98. The number of carbonyl (C=O) groups excluding carboxylic acids is 1. The lowest BCUT2D eigenvalue weighted by Crippen LogP contribution is -2.57. The molecule has 138 valence electrons. The molecule has 2 saturated heterocycles. The number of hydrogen-bond acceptors (Lipinski definition) is 4. The van der Waals surface area contributed by atoms with Crippen molar-refractivity contribution < 1.29 is 4.79 Å². The van der Waals surface area contributed by atoms with Crippen LogP contribution in [0.5, 0.6) is 0 Å². The minimum absolute atomic E-state index is 0.156. The first kappa shape index (κ1) is 18.4. The molecule has 0 radical (unpaired) electrons. The first-order valence-electron chi connectivity index (χ1n) is 9.60. The molecule has 0 spiro atoms. The Bertz CT molecular complexity index is 566. The molecule has 2 heterocycles. The molecule has 1 N–H and O–H groups in total. The molecule has 2 fully saturated rings. The largest absolute Gasteiger partial charge is 0.338 e. The molecule has 5 nitrogen and oxygen atoms in total. The fraction of sp³-hybridized carbons (Fsp3) is 0.650. The van der Waals surface area contributed by atoms with E-state index in [9.17, 15) is 4.79 Å². The summed E-state index contributed by atoms with van der Waals surface area (Å²) in [4.78, 5) is 20.3. The third-order valence-corrected chi connectivity index (χ3v) is 5.64. The Morgan fingerprint density at radius 3 is 2.48 bits per heavy atom. The zero-order chi connectivity index (χ0) is 17.8. The van der Waals surface area contributed by atoms with Crippen LogP contribution in [0, 0.1) is 6.92 Å². The highest BCUT2D eigenvalue weighted by Gasteiger charge is 2.36. The second-order valence-electron chi connectivity index (χ2n) is 7.45. The zero-order valence-electron chi connectivity index (χ0n) is 15.9. The Morgan fingerprint density at radius 1 is 1.16 bits per heavy atom. The summed E-state index contributed by atoms with van der Waals surface area (Å²) in [6.07, 6.45) is 1.06. The van der Waals surface area contributed by atoms with Crippen LogP contribution in [0.1, 0.15) is 30.5 Å². The number of nitrogens with one attached hydrogen (secondary N) is 1. The molecule has 2 aliphatic rings. The molecule has 2 aliphatic heterocycles. The fourth-order valence-corrected chi connectivity index (χ4v) is 3.92. The van der Waals surface area contributed by atoms with Crippen molar-refractivity contribution in [3.63, 3.8) is 0 Å². The van der Waals surface area contributed by atoms with E-state index in [-0.39, 0.29) is 11.9 Å². The average molecular weight is 345 g/mol. The van der Waals surface area contributed by atoms with E-state index >= 15 is 0 Å². The minimum Gasteiger partial charge on any atom is -0.338 e. The van der Waals surface area contributed by atoms with Gasteiger partial charge in [-0.25, -0.2) is 0 Å². The molecule has 3 rings (SSSR count). The lowest BCUT2D eigenvalue weighted by molar-refractivity contribution is -0.140. The molecule has 0 aliphatic carbocycles. The number of nitrogens with zero attached hydrogens (tertiary/aromatic N) is 3. The third-order valence-electron chi connectivity index (χ3n) is 5.64. The van der Waals surface area contributed by atoms with Crippen molar-refractivity contribution in [2.75, 3.05) is 52.9 Å². The molecule has 1 aromatic rings. The van der Waals surface area contributed by atoms with Gasteiger partial charge >= 0.3 is 0 Å². The van der Waals surface area contributed by atoms with Crippen molar-refractivity contribution in [3.05, 3.63) is 35.4 Å². The molecule has 1 amide bonds. The summed E-state index contributed by atoms with van der Waals surface area (Å²) in [5, 5.41) is 3.48. The number of piperazine rings is 2. The summed E-state index contributed by atoms with van der Waals surface area (Å²) in [6, 6.07) is 8.80.